The molecule has 3 rings (SSSR count). The van der Waals surface area contributed by atoms with Crippen LogP contribution >= 0.6 is 0 Å². The van der Waals surface area contributed by atoms with Gasteiger partial charge in [0.25, 0.3) is 11.5 Å². The number of hydrogen-bond donors (Lipinski definition) is 2. The number of aromatic nitrogens is 2. The average molecular weight is 397 g/mol. The molecule has 0 saturated heterocycles. The third-order valence-corrected chi connectivity index (χ3v) is 4.27. The highest BCUT2D eigenvalue weighted by Gasteiger charge is 2.15. The number of nitrogens with zero attached hydrogens (tertiary/aromatic N) is 1. The van der Waals surface area contributed by atoms with Crippen molar-refractivity contribution in [3.63, 3.8) is 0 Å². The molecule has 0 aliphatic carbocycles. The van der Waals surface area contributed by atoms with Crippen molar-refractivity contribution >= 4 is 5.91 Å². The molecule has 1 aromatic heterocycles. The zero-order valence-electron chi connectivity index (χ0n) is 15.8. The molecule has 2 N–H and O–H groups in total. The van der Waals surface area contributed by atoms with Gasteiger partial charge in [-0.05, 0) is 25.1 Å². The van der Waals surface area contributed by atoms with Gasteiger partial charge in [0.2, 0.25) is 0 Å². The molecule has 1 amide bonds. The van der Waals surface area contributed by atoms with Gasteiger partial charge in [0.15, 0.2) is 0 Å². The number of halogens is 1. The maximum atomic E-state index is 13.8. The van der Waals surface area contributed by atoms with E-state index in [4.69, 9.17) is 4.74 Å². The SMILES string of the molecule is Cc1ccc(OCCNC(=O)c2c[nH]c(=O)n(Cc3ccccc3F)c2=O)cc1. The number of aryl methyl sites for hydroxylation is 1. The molecule has 0 unspecified atom stereocenters. The Morgan fingerprint density at radius 3 is 2.59 bits per heavy atom. The normalized spacial score (nSPS) is 10.6. The highest BCUT2D eigenvalue weighted by atomic mass is 19.1. The summed E-state index contributed by atoms with van der Waals surface area (Å²) >= 11 is 0. The lowest BCUT2D eigenvalue weighted by molar-refractivity contribution is 0.0944. The van der Waals surface area contributed by atoms with Crippen LogP contribution in [0.25, 0.3) is 0 Å². The lowest BCUT2D eigenvalue weighted by Crippen LogP contribution is -2.41. The summed E-state index contributed by atoms with van der Waals surface area (Å²) in [5.74, 6) is -0.524. The zero-order chi connectivity index (χ0) is 20.8. The fourth-order valence-corrected chi connectivity index (χ4v) is 2.68. The van der Waals surface area contributed by atoms with E-state index in [1.54, 1.807) is 6.07 Å². The minimum absolute atomic E-state index is 0.165. The molecular weight excluding hydrogens is 377 g/mol. The number of hydrogen-bond acceptors (Lipinski definition) is 4. The van der Waals surface area contributed by atoms with Crippen molar-refractivity contribution in [2.45, 2.75) is 13.5 Å². The van der Waals surface area contributed by atoms with Crippen LogP contribution in [0.4, 0.5) is 4.39 Å². The molecule has 0 radical (unpaired) electrons. The zero-order valence-corrected chi connectivity index (χ0v) is 15.8. The van der Waals surface area contributed by atoms with Crippen molar-refractivity contribution < 1.29 is 13.9 Å². The molecule has 29 heavy (non-hydrogen) atoms. The summed E-state index contributed by atoms with van der Waals surface area (Å²) in [4.78, 5) is 39.2. The topological polar surface area (TPSA) is 93.2 Å². The van der Waals surface area contributed by atoms with E-state index in [-0.39, 0.29) is 30.8 Å². The molecule has 2 aromatic carbocycles. The summed E-state index contributed by atoms with van der Waals surface area (Å²) in [6.07, 6.45) is 1.05. The van der Waals surface area contributed by atoms with Crippen molar-refractivity contribution in [3.05, 3.63) is 98.1 Å². The first-order valence-corrected chi connectivity index (χ1v) is 8.99. The predicted molar refractivity (Wildman–Crippen MR) is 106 cm³/mol. The molecule has 0 atom stereocenters. The second kappa shape index (κ2) is 9.01. The summed E-state index contributed by atoms with van der Waals surface area (Å²) in [5, 5.41) is 2.57. The van der Waals surface area contributed by atoms with Gasteiger partial charge in [0.1, 0.15) is 23.7 Å². The van der Waals surface area contributed by atoms with Crippen LogP contribution in [0.2, 0.25) is 0 Å². The monoisotopic (exact) mass is 397 g/mol. The van der Waals surface area contributed by atoms with Gasteiger partial charge < -0.3 is 15.0 Å². The van der Waals surface area contributed by atoms with Crippen molar-refractivity contribution in [1.29, 1.82) is 0 Å². The lowest BCUT2D eigenvalue weighted by atomic mass is 10.2. The fraction of sp³-hybridized carbons (Fsp3) is 0.190. The van der Waals surface area contributed by atoms with Gasteiger partial charge in [-0.2, -0.15) is 0 Å². The van der Waals surface area contributed by atoms with Crippen molar-refractivity contribution in [1.82, 2.24) is 14.9 Å². The molecule has 8 heteroatoms. The number of nitrogens with one attached hydrogen (secondary N) is 2. The minimum Gasteiger partial charge on any atom is -0.492 e. The first kappa shape index (κ1) is 20.1. The first-order valence-electron chi connectivity index (χ1n) is 8.99. The molecule has 0 fully saturated rings. The Kier molecular flexibility index (Phi) is 6.23. The summed E-state index contributed by atoms with van der Waals surface area (Å²) in [5.41, 5.74) is -0.484. The molecule has 3 aromatic rings. The van der Waals surface area contributed by atoms with Crippen molar-refractivity contribution in [2.75, 3.05) is 13.2 Å². The summed E-state index contributed by atoms with van der Waals surface area (Å²) in [7, 11) is 0. The van der Waals surface area contributed by atoms with Crippen LogP contribution in [-0.2, 0) is 6.54 Å². The number of rotatable bonds is 7. The number of ether oxygens (including phenoxy) is 1. The van der Waals surface area contributed by atoms with E-state index in [0.717, 1.165) is 16.3 Å². The highest BCUT2D eigenvalue weighted by Crippen LogP contribution is 2.10. The maximum absolute atomic E-state index is 13.8. The number of aromatic amines is 1. The predicted octanol–water partition coefficient (Wildman–Crippen LogP) is 1.84. The van der Waals surface area contributed by atoms with E-state index in [2.05, 4.69) is 10.3 Å². The fourth-order valence-electron chi connectivity index (χ4n) is 2.68. The first-order chi connectivity index (χ1) is 14.0. The number of carbonyl (C=O) groups is 1. The van der Waals surface area contributed by atoms with Crippen LogP contribution in [0.15, 0.2) is 64.3 Å². The van der Waals surface area contributed by atoms with Crippen LogP contribution in [0.1, 0.15) is 21.5 Å². The van der Waals surface area contributed by atoms with Crippen molar-refractivity contribution in [2.24, 2.45) is 0 Å². The third kappa shape index (κ3) is 4.98. The van der Waals surface area contributed by atoms with E-state index >= 15 is 0 Å². The number of amides is 1. The Hall–Kier alpha value is -3.68. The van der Waals surface area contributed by atoms with Gasteiger partial charge in [-0.3, -0.25) is 14.2 Å². The van der Waals surface area contributed by atoms with Crippen molar-refractivity contribution in [3.8, 4) is 5.75 Å². The van der Waals surface area contributed by atoms with E-state index in [1.807, 2.05) is 31.2 Å². The Bertz CT molecular complexity index is 1120. The van der Waals surface area contributed by atoms with Gasteiger partial charge in [-0.15, -0.1) is 0 Å². The molecule has 0 bridgehead atoms. The number of H-pyrrole nitrogens is 1. The molecule has 0 aliphatic rings. The van der Waals surface area contributed by atoms with Gasteiger partial charge in [0.05, 0.1) is 13.1 Å². The Morgan fingerprint density at radius 2 is 1.86 bits per heavy atom. The molecule has 0 aliphatic heterocycles. The minimum atomic E-state index is -0.797. The second-order valence-corrected chi connectivity index (χ2v) is 6.41. The largest absolute Gasteiger partial charge is 0.492 e. The van der Waals surface area contributed by atoms with Crippen LogP contribution in [-0.4, -0.2) is 28.6 Å². The van der Waals surface area contributed by atoms with Gasteiger partial charge in [0, 0.05) is 11.8 Å². The van der Waals surface area contributed by atoms with Crippen LogP contribution in [0, 0.1) is 12.7 Å². The maximum Gasteiger partial charge on any atom is 0.328 e. The summed E-state index contributed by atoms with van der Waals surface area (Å²) in [6, 6.07) is 13.3. The third-order valence-electron chi connectivity index (χ3n) is 4.27. The van der Waals surface area contributed by atoms with Crippen LogP contribution < -0.4 is 21.3 Å². The average Bonchev–Trinajstić information content (AvgIpc) is 2.71. The molecule has 150 valence electrons. The van der Waals surface area contributed by atoms with Gasteiger partial charge in [-0.1, -0.05) is 35.9 Å². The Morgan fingerprint density at radius 1 is 1.14 bits per heavy atom. The lowest BCUT2D eigenvalue weighted by Gasteiger charge is -2.10. The number of benzene rings is 2. The summed E-state index contributed by atoms with van der Waals surface area (Å²) in [6.45, 7) is 2.06. The molecule has 1 heterocycles. The molecule has 0 spiro atoms. The molecule has 0 saturated carbocycles. The van der Waals surface area contributed by atoms with E-state index in [9.17, 15) is 18.8 Å². The van der Waals surface area contributed by atoms with E-state index < -0.39 is 23.0 Å². The standard InChI is InChI=1S/C21H20FN3O4/c1-14-6-8-16(9-7-14)29-11-10-23-19(26)17-12-24-21(28)25(20(17)27)13-15-4-2-3-5-18(15)22/h2-9,12H,10-11,13H2,1H3,(H,23,26)(H,24,28). The highest BCUT2D eigenvalue weighted by molar-refractivity contribution is 5.93. The second-order valence-electron chi connectivity index (χ2n) is 6.41. The number of carbonyl (C=O) groups excluding carboxylic acids is 1. The molecule has 7 nitrogen and oxygen atoms in total. The van der Waals surface area contributed by atoms with E-state index in [0.29, 0.717) is 5.75 Å². The van der Waals surface area contributed by atoms with Gasteiger partial charge in [-0.25, -0.2) is 9.18 Å². The summed E-state index contributed by atoms with van der Waals surface area (Å²) < 4.78 is 20.1. The molecular formula is C21H20FN3O4. The smallest absolute Gasteiger partial charge is 0.328 e. The Balaban J connectivity index is 1.66. The van der Waals surface area contributed by atoms with Gasteiger partial charge >= 0.3 is 5.69 Å². The quantitative estimate of drug-likeness (QED) is 0.595. The van der Waals surface area contributed by atoms with E-state index in [1.165, 1.54) is 18.2 Å². The van der Waals surface area contributed by atoms with Crippen LogP contribution in [0.5, 0.6) is 5.75 Å². The Labute approximate surface area is 165 Å². The van der Waals surface area contributed by atoms with Crippen LogP contribution in [0.3, 0.4) is 0 Å².